The summed E-state index contributed by atoms with van der Waals surface area (Å²) >= 11 is 1.77. The van der Waals surface area contributed by atoms with Crippen molar-refractivity contribution in [2.45, 2.75) is 17.9 Å². The molecule has 7 rings (SSSR count). The van der Waals surface area contributed by atoms with E-state index in [2.05, 4.69) is 31.8 Å². The van der Waals surface area contributed by atoms with Crippen LogP contribution in [0.25, 0.3) is 32.5 Å². The Hall–Kier alpha value is -2.99. The molecule has 1 aromatic carbocycles. The molecule has 3 aromatic heterocycles. The summed E-state index contributed by atoms with van der Waals surface area (Å²) in [5, 5.41) is 0.905. The molecule has 0 amide bonds. The van der Waals surface area contributed by atoms with E-state index in [0.717, 1.165) is 84.7 Å². The maximum absolute atomic E-state index is 12.5. The molecule has 11 heteroatoms. The van der Waals surface area contributed by atoms with Gasteiger partial charge in [0.2, 0.25) is 0 Å². The first-order valence-electron chi connectivity index (χ1n) is 13.0. The third-order valence-electron chi connectivity index (χ3n) is 7.66. The van der Waals surface area contributed by atoms with E-state index in [1.54, 1.807) is 23.5 Å². The van der Waals surface area contributed by atoms with Crippen molar-refractivity contribution >= 4 is 48.1 Å². The molecule has 0 atom stereocenters. The number of nitrogens with one attached hydrogen (secondary N) is 1. The number of morpholine rings is 1. The Labute approximate surface area is 225 Å². The minimum Gasteiger partial charge on any atom is -0.378 e. The lowest BCUT2D eigenvalue weighted by molar-refractivity contribution is 0.122. The van der Waals surface area contributed by atoms with Crippen LogP contribution in [0.5, 0.6) is 0 Å². The quantitative estimate of drug-likeness (QED) is 0.404. The number of sulfone groups is 1. The maximum Gasteiger partial charge on any atom is 0.175 e. The van der Waals surface area contributed by atoms with Crippen molar-refractivity contribution in [3.05, 3.63) is 47.1 Å². The standard InChI is InChI=1S/C27H30N6O3S2/c1-38(34,35)20-14-22(21-4-5-28-23(21)15-20)26-29-24-13-19(17-31-7-8-32-6-2-3-18(32)16-31)37-25(24)27(30-26)33-9-11-36-12-10-33/h3-5,13-15,28H,2,6-12,16-17H2,1H3. The van der Waals surface area contributed by atoms with Crippen LogP contribution < -0.4 is 4.90 Å². The van der Waals surface area contributed by atoms with E-state index in [4.69, 9.17) is 14.7 Å². The van der Waals surface area contributed by atoms with Crippen LogP contribution in [0, 0.1) is 0 Å². The number of nitrogens with zero attached hydrogens (tertiary/aromatic N) is 5. The highest BCUT2D eigenvalue weighted by molar-refractivity contribution is 7.90. The van der Waals surface area contributed by atoms with Crippen LogP contribution in [0.15, 0.2) is 47.1 Å². The molecule has 0 saturated carbocycles. The van der Waals surface area contributed by atoms with E-state index < -0.39 is 9.84 Å². The van der Waals surface area contributed by atoms with E-state index in [1.165, 1.54) is 16.8 Å². The third-order valence-corrected chi connectivity index (χ3v) is 9.86. The van der Waals surface area contributed by atoms with Gasteiger partial charge in [-0.25, -0.2) is 18.4 Å². The van der Waals surface area contributed by atoms with Gasteiger partial charge in [-0.2, -0.15) is 0 Å². The first-order valence-corrected chi connectivity index (χ1v) is 15.7. The van der Waals surface area contributed by atoms with Crippen LogP contribution in [-0.2, 0) is 21.1 Å². The van der Waals surface area contributed by atoms with Crippen molar-refractivity contribution < 1.29 is 13.2 Å². The van der Waals surface area contributed by atoms with Crippen LogP contribution in [0.2, 0.25) is 0 Å². The number of anilines is 1. The molecular weight excluding hydrogens is 520 g/mol. The van der Waals surface area contributed by atoms with Crippen molar-refractivity contribution in [2.24, 2.45) is 0 Å². The number of rotatable bonds is 5. The number of thiophene rings is 1. The molecule has 198 valence electrons. The number of hydrogen-bond acceptors (Lipinski definition) is 9. The minimum absolute atomic E-state index is 0.255. The van der Waals surface area contributed by atoms with Gasteiger partial charge in [0.15, 0.2) is 21.5 Å². The molecular formula is C27H30N6O3S2. The van der Waals surface area contributed by atoms with Crippen LogP contribution in [0.3, 0.4) is 0 Å². The van der Waals surface area contributed by atoms with Gasteiger partial charge in [-0.15, -0.1) is 11.3 Å². The SMILES string of the molecule is CS(=O)(=O)c1cc(-c2nc(N3CCOCC3)c3sc(CN4CCN5CCC=C5C4)cc3n2)c2cc[nH]c2c1. The molecule has 9 nitrogen and oxygen atoms in total. The maximum atomic E-state index is 12.5. The summed E-state index contributed by atoms with van der Waals surface area (Å²) in [6.45, 7) is 8.01. The molecule has 3 aliphatic heterocycles. The van der Waals surface area contributed by atoms with E-state index >= 15 is 0 Å². The molecule has 4 aromatic rings. The summed E-state index contributed by atoms with van der Waals surface area (Å²) in [5.74, 6) is 1.45. The summed E-state index contributed by atoms with van der Waals surface area (Å²) in [5.41, 5.74) is 3.84. The monoisotopic (exact) mass is 550 g/mol. The average Bonchev–Trinajstić information content (AvgIpc) is 3.66. The lowest BCUT2D eigenvalue weighted by Crippen LogP contribution is -2.42. The molecule has 0 bridgehead atoms. The van der Waals surface area contributed by atoms with Gasteiger partial charge < -0.3 is 19.5 Å². The van der Waals surface area contributed by atoms with Gasteiger partial charge >= 0.3 is 0 Å². The summed E-state index contributed by atoms with van der Waals surface area (Å²) in [6, 6.07) is 7.53. The fourth-order valence-electron chi connectivity index (χ4n) is 5.70. The van der Waals surface area contributed by atoms with Crippen molar-refractivity contribution in [3.8, 4) is 11.4 Å². The lowest BCUT2D eigenvalue weighted by atomic mass is 10.1. The van der Waals surface area contributed by atoms with Crippen LogP contribution in [0.4, 0.5) is 5.82 Å². The minimum atomic E-state index is -3.41. The van der Waals surface area contributed by atoms with Crippen LogP contribution >= 0.6 is 11.3 Å². The zero-order chi connectivity index (χ0) is 25.9. The van der Waals surface area contributed by atoms with E-state index in [9.17, 15) is 8.42 Å². The number of piperazine rings is 1. The van der Waals surface area contributed by atoms with E-state index in [0.29, 0.717) is 19.0 Å². The Balaban J connectivity index is 1.33. The van der Waals surface area contributed by atoms with E-state index in [1.807, 2.05) is 12.3 Å². The highest BCUT2D eigenvalue weighted by Crippen LogP contribution is 2.37. The van der Waals surface area contributed by atoms with Gasteiger partial charge in [0.1, 0.15) is 0 Å². The lowest BCUT2D eigenvalue weighted by Gasteiger charge is -2.35. The molecule has 3 aliphatic rings. The Morgan fingerprint density at radius 1 is 1.05 bits per heavy atom. The average molecular weight is 551 g/mol. The van der Waals surface area contributed by atoms with Gasteiger partial charge in [0.05, 0.1) is 28.3 Å². The fourth-order valence-corrected chi connectivity index (χ4v) is 7.52. The van der Waals surface area contributed by atoms with Crippen molar-refractivity contribution in [1.82, 2.24) is 24.8 Å². The molecule has 0 aliphatic carbocycles. The molecule has 2 saturated heterocycles. The van der Waals surface area contributed by atoms with Gasteiger partial charge in [0, 0.05) is 85.3 Å². The molecule has 1 N–H and O–H groups in total. The van der Waals surface area contributed by atoms with E-state index in [-0.39, 0.29) is 4.90 Å². The van der Waals surface area contributed by atoms with Gasteiger partial charge in [-0.1, -0.05) is 6.08 Å². The molecule has 0 spiro atoms. The van der Waals surface area contributed by atoms with Crippen LogP contribution in [0.1, 0.15) is 11.3 Å². The zero-order valence-corrected chi connectivity index (χ0v) is 22.9. The zero-order valence-electron chi connectivity index (χ0n) is 21.3. The second-order valence-corrected chi connectivity index (χ2v) is 13.4. The molecule has 38 heavy (non-hydrogen) atoms. The predicted octanol–water partition coefficient (Wildman–Crippen LogP) is 3.48. The van der Waals surface area contributed by atoms with Crippen molar-refractivity contribution in [2.75, 3.05) is 63.6 Å². The molecule has 2 fully saturated rings. The summed E-state index contributed by atoms with van der Waals surface area (Å²) in [6.07, 6.45) is 6.58. The van der Waals surface area contributed by atoms with Crippen molar-refractivity contribution in [1.29, 1.82) is 0 Å². The number of fused-ring (bicyclic) bond motifs is 3. The van der Waals surface area contributed by atoms with Gasteiger partial charge in [-0.3, -0.25) is 4.90 Å². The second-order valence-electron chi connectivity index (χ2n) is 10.3. The highest BCUT2D eigenvalue weighted by Gasteiger charge is 2.26. The summed E-state index contributed by atoms with van der Waals surface area (Å²) in [7, 11) is -3.41. The smallest absolute Gasteiger partial charge is 0.175 e. The topological polar surface area (TPSA) is 94.7 Å². The van der Waals surface area contributed by atoms with Gasteiger partial charge in [-0.05, 0) is 30.7 Å². The number of ether oxygens (including phenoxy) is 1. The second kappa shape index (κ2) is 9.33. The number of hydrogen-bond donors (Lipinski definition) is 1. The Morgan fingerprint density at radius 2 is 1.92 bits per heavy atom. The number of aromatic nitrogens is 3. The first kappa shape index (κ1) is 24.1. The Bertz CT molecular complexity index is 1670. The molecule has 6 heterocycles. The highest BCUT2D eigenvalue weighted by atomic mass is 32.2. The van der Waals surface area contributed by atoms with Crippen LogP contribution in [-0.4, -0.2) is 91.9 Å². The molecule has 0 radical (unpaired) electrons. The predicted molar refractivity (Wildman–Crippen MR) is 150 cm³/mol. The summed E-state index contributed by atoms with van der Waals surface area (Å²) in [4.78, 5) is 22.1. The number of aromatic amines is 1. The third kappa shape index (κ3) is 4.37. The van der Waals surface area contributed by atoms with Crippen molar-refractivity contribution in [3.63, 3.8) is 0 Å². The number of benzene rings is 1. The Morgan fingerprint density at radius 3 is 2.76 bits per heavy atom. The fraction of sp³-hybridized carbons (Fsp3) is 0.407. The molecule has 0 unspecified atom stereocenters. The Kier molecular flexibility index (Phi) is 5.91. The first-order chi connectivity index (χ1) is 18.4. The summed E-state index contributed by atoms with van der Waals surface area (Å²) < 4.78 is 31.7. The van der Waals surface area contributed by atoms with Gasteiger partial charge in [0.25, 0.3) is 0 Å². The normalized spacial score (nSPS) is 18.9. The largest absolute Gasteiger partial charge is 0.378 e. The number of H-pyrrole nitrogens is 1.